The first-order valence-corrected chi connectivity index (χ1v) is 12.5. The topological polar surface area (TPSA) is 54.3 Å². The summed E-state index contributed by atoms with van der Waals surface area (Å²) in [5, 5.41) is 13.9. The number of aromatic nitrogens is 1. The molecule has 2 N–H and O–H groups in total. The summed E-state index contributed by atoms with van der Waals surface area (Å²) in [5.41, 5.74) is 6.29. The van der Waals surface area contributed by atoms with Gasteiger partial charge >= 0.3 is 5.97 Å². The van der Waals surface area contributed by atoms with Crippen LogP contribution in [0.5, 0.6) is 0 Å². The zero-order valence-corrected chi connectivity index (χ0v) is 20.1. The van der Waals surface area contributed by atoms with E-state index in [9.17, 15) is 9.90 Å². The van der Waals surface area contributed by atoms with Gasteiger partial charge < -0.3 is 15.0 Å². The van der Waals surface area contributed by atoms with Gasteiger partial charge in [0.2, 0.25) is 0 Å². The molecule has 0 spiro atoms. The van der Waals surface area contributed by atoms with Gasteiger partial charge in [0.15, 0.2) is 0 Å². The number of carboxylic acid groups (broad SMARTS) is 1. The molecule has 32 heavy (non-hydrogen) atoms. The Hall–Kier alpha value is -2.07. The number of nitrogens with zero attached hydrogens (tertiary/aromatic N) is 1. The molecule has 0 radical (unpaired) electrons. The zero-order chi connectivity index (χ0) is 22.6. The molecule has 4 heteroatoms. The highest BCUT2D eigenvalue weighted by atomic mass is 16.4. The maximum absolute atomic E-state index is 12.3. The van der Waals surface area contributed by atoms with Gasteiger partial charge in [0.25, 0.3) is 0 Å². The third-order valence-corrected chi connectivity index (χ3v) is 9.30. The van der Waals surface area contributed by atoms with Crippen LogP contribution in [-0.4, -0.2) is 21.7 Å². The van der Waals surface area contributed by atoms with E-state index < -0.39 is 5.97 Å². The van der Waals surface area contributed by atoms with Gasteiger partial charge in [-0.3, -0.25) is 0 Å². The smallest absolute Gasteiger partial charge is 0.337 e. The molecule has 2 aromatic rings. The number of aromatic carboxylic acids is 1. The Labute approximate surface area is 192 Å². The number of aryl methyl sites for hydroxylation is 1. The van der Waals surface area contributed by atoms with Crippen molar-refractivity contribution in [1.82, 2.24) is 9.88 Å². The van der Waals surface area contributed by atoms with E-state index in [0.717, 1.165) is 41.2 Å². The highest BCUT2D eigenvalue weighted by molar-refractivity contribution is 5.91. The van der Waals surface area contributed by atoms with Crippen LogP contribution >= 0.6 is 0 Å². The van der Waals surface area contributed by atoms with E-state index in [-0.39, 0.29) is 0 Å². The summed E-state index contributed by atoms with van der Waals surface area (Å²) in [7, 11) is 0. The third-order valence-electron chi connectivity index (χ3n) is 9.30. The van der Waals surface area contributed by atoms with E-state index in [1.165, 1.54) is 49.7 Å². The molecule has 0 amide bonds. The van der Waals surface area contributed by atoms with Crippen LogP contribution in [0.3, 0.4) is 0 Å². The quantitative estimate of drug-likeness (QED) is 0.574. The summed E-state index contributed by atoms with van der Waals surface area (Å²) in [5.74, 6) is 1.98. The molecule has 4 saturated carbocycles. The average Bonchev–Trinajstić information content (AvgIpc) is 2.96. The Kier molecular flexibility index (Phi) is 5.48. The van der Waals surface area contributed by atoms with Crippen molar-refractivity contribution >= 4 is 5.97 Å². The molecule has 0 saturated heterocycles. The number of benzene rings is 1. The first kappa shape index (κ1) is 21.8. The first-order valence-electron chi connectivity index (χ1n) is 12.5. The van der Waals surface area contributed by atoms with E-state index >= 15 is 0 Å². The molecule has 1 aromatic heterocycles. The SMILES string of the molecule is Cc1ccccc1Cn1c(C)c(CN[C@@H](C)C23CC4CC(CC(C4)C2)C3)c(C(=O)O)c1C. The highest BCUT2D eigenvalue weighted by Crippen LogP contribution is 2.61. The first-order chi connectivity index (χ1) is 15.3. The van der Waals surface area contributed by atoms with Crippen molar-refractivity contribution in [2.45, 2.75) is 85.4 Å². The molecule has 1 heterocycles. The molecular formula is C28H38N2O2. The summed E-state index contributed by atoms with van der Waals surface area (Å²) in [6, 6.07) is 8.80. The largest absolute Gasteiger partial charge is 0.478 e. The molecule has 6 rings (SSSR count). The lowest BCUT2D eigenvalue weighted by Gasteiger charge is -2.59. The van der Waals surface area contributed by atoms with Crippen molar-refractivity contribution in [1.29, 1.82) is 0 Å². The van der Waals surface area contributed by atoms with Crippen LogP contribution < -0.4 is 5.32 Å². The van der Waals surface area contributed by atoms with E-state index in [2.05, 4.69) is 54.9 Å². The Balaban J connectivity index is 1.39. The third kappa shape index (κ3) is 3.61. The lowest BCUT2D eigenvalue weighted by molar-refractivity contribution is -0.0706. The minimum Gasteiger partial charge on any atom is -0.478 e. The summed E-state index contributed by atoms with van der Waals surface area (Å²) in [6.45, 7) is 9.88. The van der Waals surface area contributed by atoms with Crippen molar-refractivity contribution in [3.05, 3.63) is 57.9 Å². The van der Waals surface area contributed by atoms with Crippen molar-refractivity contribution in [3.8, 4) is 0 Å². The van der Waals surface area contributed by atoms with E-state index in [0.29, 0.717) is 23.6 Å². The second kappa shape index (κ2) is 8.06. The summed E-state index contributed by atoms with van der Waals surface area (Å²) < 4.78 is 2.19. The number of carbonyl (C=O) groups is 1. The molecule has 1 atom stereocenters. The van der Waals surface area contributed by atoms with Crippen LogP contribution in [0.2, 0.25) is 0 Å². The number of hydrogen-bond acceptors (Lipinski definition) is 2. The zero-order valence-electron chi connectivity index (χ0n) is 20.1. The van der Waals surface area contributed by atoms with Gasteiger partial charge in [-0.15, -0.1) is 0 Å². The van der Waals surface area contributed by atoms with Gasteiger partial charge in [-0.2, -0.15) is 0 Å². The number of rotatable bonds is 7. The number of nitrogens with one attached hydrogen (secondary N) is 1. The fraction of sp³-hybridized carbons (Fsp3) is 0.607. The van der Waals surface area contributed by atoms with Crippen molar-refractivity contribution < 1.29 is 9.90 Å². The fourth-order valence-electron chi connectivity index (χ4n) is 7.82. The van der Waals surface area contributed by atoms with E-state index in [1.54, 1.807) is 0 Å². The van der Waals surface area contributed by atoms with Gasteiger partial charge in [0.1, 0.15) is 0 Å². The maximum atomic E-state index is 12.3. The standard InChI is InChI=1S/C28H38N2O2/c1-17-7-5-6-8-24(17)16-30-18(2)25(26(19(30)3)27(31)32)15-29-20(4)28-12-21-9-22(13-28)11-23(10-21)14-28/h5-8,20-23,29H,9-16H2,1-4H3,(H,31,32)/t20-,21?,22?,23?,28?/m0/s1. The summed E-state index contributed by atoms with van der Waals surface area (Å²) >= 11 is 0. The van der Waals surface area contributed by atoms with Crippen LogP contribution in [0.1, 0.15) is 83.9 Å². The number of hydrogen-bond donors (Lipinski definition) is 2. The molecule has 1 aromatic carbocycles. The molecule has 4 aliphatic rings. The minimum atomic E-state index is -0.812. The van der Waals surface area contributed by atoms with Gasteiger partial charge in [0, 0.05) is 36.1 Å². The highest BCUT2D eigenvalue weighted by Gasteiger charge is 2.53. The van der Waals surface area contributed by atoms with Gasteiger partial charge in [-0.25, -0.2) is 4.79 Å². The maximum Gasteiger partial charge on any atom is 0.337 e. The van der Waals surface area contributed by atoms with Gasteiger partial charge in [-0.05, 0) is 101 Å². The Bertz CT molecular complexity index is 999. The Morgan fingerprint density at radius 1 is 1.06 bits per heavy atom. The minimum absolute atomic E-state index is 0.421. The van der Waals surface area contributed by atoms with Crippen LogP contribution in [-0.2, 0) is 13.1 Å². The normalized spacial score (nSPS) is 29.4. The van der Waals surface area contributed by atoms with Crippen molar-refractivity contribution in [2.75, 3.05) is 0 Å². The lowest BCUT2D eigenvalue weighted by Crippen LogP contribution is -2.54. The second-order valence-electron chi connectivity index (χ2n) is 11.2. The number of carboxylic acids is 1. The van der Waals surface area contributed by atoms with Gasteiger partial charge in [-0.1, -0.05) is 24.3 Å². The molecule has 4 bridgehead atoms. The second-order valence-corrected chi connectivity index (χ2v) is 11.2. The molecular weight excluding hydrogens is 396 g/mol. The Morgan fingerprint density at radius 3 is 2.22 bits per heavy atom. The molecule has 4 fully saturated rings. The van der Waals surface area contributed by atoms with Crippen LogP contribution in [0.15, 0.2) is 24.3 Å². The molecule has 4 aliphatic carbocycles. The van der Waals surface area contributed by atoms with Crippen molar-refractivity contribution in [2.24, 2.45) is 23.2 Å². The van der Waals surface area contributed by atoms with Crippen LogP contribution in [0.4, 0.5) is 0 Å². The summed E-state index contributed by atoms with van der Waals surface area (Å²) in [4.78, 5) is 12.3. The van der Waals surface area contributed by atoms with Crippen LogP contribution in [0, 0.1) is 43.9 Å². The van der Waals surface area contributed by atoms with E-state index in [4.69, 9.17) is 0 Å². The predicted molar refractivity (Wildman–Crippen MR) is 128 cm³/mol. The lowest BCUT2D eigenvalue weighted by atomic mass is 9.48. The van der Waals surface area contributed by atoms with Crippen molar-refractivity contribution in [3.63, 3.8) is 0 Å². The predicted octanol–water partition coefficient (Wildman–Crippen LogP) is 5.85. The monoisotopic (exact) mass is 434 g/mol. The Morgan fingerprint density at radius 2 is 1.66 bits per heavy atom. The average molecular weight is 435 g/mol. The molecule has 4 nitrogen and oxygen atoms in total. The molecule has 0 unspecified atom stereocenters. The fourth-order valence-corrected chi connectivity index (χ4v) is 7.82. The summed E-state index contributed by atoms with van der Waals surface area (Å²) in [6.07, 6.45) is 8.46. The molecule has 0 aliphatic heterocycles. The van der Waals surface area contributed by atoms with E-state index in [1.807, 2.05) is 6.92 Å². The molecule has 172 valence electrons. The van der Waals surface area contributed by atoms with Gasteiger partial charge in [0.05, 0.1) is 5.56 Å². The van der Waals surface area contributed by atoms with Crippen LogP contribution in [0.25, 0.3) is 0 Å².